The molecule has 0 spiro atoms. The summed E-state index contributed by atoms with van der Waals surface area (Å²) in [6.07, 6.45) is 5.58. The zero-order valence-electron chi connectivity index (χ0n) is 12.6. The molecule has 3 heteroatoms. The van der Waals surface area contributed by atoms with Crippen LogP contribution in [0, 0.1) is 11.8 Å². The van der Waals surface area contributed by atoms with E-state index in [1.54, 1.807) is 6.26 Å². The minimum atomic E-state index is 0.138. The van der Waals surface area contributed by atoms with Crippen LogP contribution in [0.2, 0.25) is 0 Å². The predicted octanol–water partition coefficient (Wildman–Crippen LogP) is 3.26. The highest BCUT2D eigenvalue weighted by molar-refractivity contribution is 5.04. The van der Waals surface area contributed by atoms with E-state index in [0.717, 1.165) is 31.3 Å². The Kier molecular flexibility index (Phi) is 4.69. The molecule has 0 amide bonds. The Morgan fingerprint density at radius 2 is 2.21 bits per heavy atom. The van der Waals surface area contributed by atoms with Gasteiger partial charge in [0.05, 0.1) is 12.8 Å². The molecular weight excluding hydrogens is 236 g/mol. The van der Waals surface area contributed by atoms with Crippen molar-refractivity contribution in [3.05, 3.63) is 24.2 Å². The average Bonchev–Trinajstić information content (AvgIpc) is 2.92. The fourth-order valence-electron chi connectivity index (χ4n) is 3.74. The van der Waals surface area contributed by atoms with Crippen LogP contribution < -0.4 is 5.73 Å². The SMILES string of the molecule is CCN(Cc1ccco1)C1(CN)CC(C)CCC1C. The number of hydrogen-bond donors (Lipinski definition) is 1. The van der Waals surface area contributed by atoms with Gasteiger partial charge in [0, 0.05) is 12.1 Å². The Balaban J connectivity index is 2.20. The summed E-state index contributed by atoms with van der Waals surface area (Å²) in [5.41, 5.74) is 6.36. The van der Waals surface area contributed by atoms with Crippen molar-refractivity contribution >= 4 is 0 Å². The van der Waals surface area contributed by atoms with Gasteiger partial charge in [-0.05, 0) is 43.4 Å². The molecule has 0 bridgehead atoms. The minimum Gasteiger partial charge on any atom is -0.468 e. The van der Waals surface area contributed by atoms with Crippen molar-refractivity contribution in [2.75, 3.05) is 13.1 Å². The molecule has 1 aromatic rings. The molecule has 0 saturated heterocycles. The zero-order valence-corrected chi connectivity index (χ0v) is 12.6. The van der Waals surface area contributed by atoms with Crippen LogP contribution in [0.15, 0.2) is 22.8 Å². The molecule has 108 valence electrons. The number of hydrogen-bond acceptors (Lipinski definition) is 3. The fraction of sp³-hybridized carbons (Fsp3) is 0.750. The fourth-order valence-corrected chi connectivity index (χ4v) is 3.74. The molecule has 1 aromatic heterocycles. The first-order valence-electron chi connectivity index (χ1n) is 7.60. The first-order chi connectivity index (χ1) is 9.12. The van der Waals surface area contributed by atoms with E-state index in [9.17, 15) is 0 Å². The quantitative estimate of drug-likeness (QED) is 0.887. The summed E-state index contributed by atoms with van der Waals surface area (Å²) in [4.78, 5) is 2.53. The predicted molar refractivity (Wildman–Crippen MR) is 78.8 cm³/mol. The smallest absolute Gasteiger partial charge is 0.117 e. The summed E-state index contributed by atoms with van der Waals surface area (Å²) in [5.74, 6) is 2.47. The van der Waals surface area contributed by atoms with Crippen LogP contribution in [0.3, 0.4) is 0 Å². The van der Waals surface area contributed by atoms with Crippen molar-refractivity contribution in [2.24, 2.45) is 17.6 Å². The van der Waals surface area contributed by atoms with Gasteiger partial charge < -0.3 is 10.2 Å². The van der Waals surface area contributed by atoms with E-state index in [4.69, 9.17) is 10.2 Å². The van der Waals surface area contributed by atoms with Crippen molar-refractivity contribution in [3.63, 3.8) is 0 Å². The monoisotopic (exact) mass is 264 g/mol. The van der Waals surface area contributed by atoms with Crippen LogP contribution in [0.1, 0.15) is 45.8 Å². The van der Waals surface area contributed by atoms with Gasteiger partial charge in [-0.15, -0.1) is 0 Å². The summed E-state index contributed by atoms with van der Waals surface area (Å²) in [6.45, 7) is 9.59. The maximum atomic E-state index is 6.22. The summed E-state index contributed by atoms with van der Waals surface area (Å²) in [6, 6.07) is 4.02. The van der Waals surface area contributed by atoms with Gasteiger partial charge >= 0.3 is 0 Å². The van der Waals surface area contributed by atoms with Gasteiger partial charge in [0.25, 0.3) is 0 Å². The Morgan fingerprint density at radius 1 is 1.42 bits per heavy atom. The molecule has 1 saturated carbocycles. The van der Waals surface area contributed by atoms with Crippen molar-refractivity contribution in [1.29, 1.82) is 0 Å². The van der Waals surface area contributed by atoms with Gasteiger partial charge in [0.1, 0.15) is 5.76 Å². The first-order valence-corrected chi connectivity index (χ1v) is 7.60. The number of rotatable bonds is 5. The van der Waals surface area contributed by atoms with E-state index >= 15 is 0 Å². The standard InChI is InChI=1S/C16H28N2O/c1-4-18(11-15-6-5-9-19-15)16(12-17)10-13(2)7-8-14(16)3/h5-6,9,13-14H,4,7-8,10-12,17H2,1-3H3. The van der Waals surface area contributed by atoms with Crippen molar-refractivity contribution in [3.8, 4) is 0 Å². The third-order valence-corrected chi connectivity index (χ3v) is 5.00. The average molecular weight is 264 g/mol. The Labute approximate surface area is 117 Å². The number of nitrogens with two attached hydrogens (primary N) is 1. The molecule has 0 radical (unpaired) electrons. The van der Waals surface area contributed by atoms with Crippen molar-refractivity contribution < 1.29 is 4.42 Å². The number of nitrogens with zero attached hydrogens (tertiary/aromatic N) is 1. The summed E-state index contributed by atoms with van der Waals surface area (Å²) >= 11 is 0. The second-order valence-electron chi connectivity index (χ2n) is 6.19. The molecule has 0 aliphatic heterocycles. The molecule has 19 heavy (non-hydrogen) atoms. The molecule has 2 rings (SSSR count). The second kappa shape index (κ2) is 6.10. The molecule has 0 aromatic carbocycles. The lowest BCUT2D eigenvalue weighted by Crippen LogP contribution is -2.60. The Hall–Kier alpha value is -0.800. The molecule has 3 unspecified atom stereocenters. The van der Waals surface area contributed by atoms with Gasteiger partial charge in [-0.2, -0.15) is 0 Å². The maximum Gasteiger partial charge on any atom is 0.117 e. The minimum absolute atomic E-state index is 0.138. The highest BCUT2D eigenvalue weighted by Crippen LogP contribution is 2.41. The van der Waals surface area contributed by atoms with Crippen LogP contribution in [-0.2, 0) is 6.54 Å². The largest absolute Gasteiger partial charge is 0.468 e. The van der Waals surface area contributed by atoms with E-state index in [0.29, 0.717) is 5.92 Å². The number of likely N-dealkylation sites (N-methyl/N-ethyl adjacent to an activating group) is 1. The Morgan fingerprint density at radius 3 is 2.79 bits per heavy atom. The van der Waals surface area contributed by atoms with Crippen molar-refractivity contribution in [1.82, 2.24) is 4.90 Å². The van der Waals surface area contributed by atoms with E-state index < -0.39 is 0 Å². The van der Waals surface area contributed by atoms with Gasteiger partial charge in [-0.3, -0.25) is 4.90 Å². The maximum absolute atomic E-state index is 6.22. The normalized spacial score (nSPS) is 31.8. The van der Waals surface area contributed by atoms with E-state index in [2.05, 4.69) is 31.7 Å². The first kappa shape index (κ1) is 14.6. The summed E-state index contributed by atoms with van der Waals surface area (Å²) in [5, 5.41) is 0. The lowest BCUT2D eigenvalue weighted by Gasteiger charge is -2.51. The second-order valence-corrected chi connectivity index (χ2v) is 6.19. The number of furan rings is 1. The van der Waals surface area contributed by atoms with Gasteiger partial charge in [0.15, 0.2) is 0 Å². The highest BCUT2D eigenvalue weighted by atomic mass is 16.3. The molecule has 2 N–H and O–H groups in total. The lowest BCUT2D eigenvalue weighted by atomic mass is 9.68. The molecule has 1 aliphatic carbocycles. The van der Waals surface area contributed by atoms with Crippen LogP contribution in [0.4, 0.5) is 0 Å². The van der Waals surface area contributed by atoms with Gasteiger partial charge in [-0.25, -0.2) is 0 Å². The molecule has 1 fully saturated rings. The topological polar surface area (TPSA) is 42.4 Å². The van der Waals surface area contributed by atoms with E-state index in [-0.39, 0.29) is 5.54 Å². The summed E-state index contributed by atoms with van der Waals surface area (Å²) in [7, 11) is 0. The molecule has 3 atom stereocenters. The van der Waals surface area contributed by atoms with Gasteiger partial charge in [-0.1, -0.05) is 27.2 Å². The molecule has 3 nitrogen and oxygen atoms in total. The van der Waals surface area contributed by atoms with E-state index in [1.807, 2.05) is 6.07 Å². The third kappa shape index (κ3) is 2.87. The van der Waals surface area contributed by atoms with Crippen LogP contribution in [0.5, 0.6) is 0 Å². The Bertz CT molecular complexity index is 376. The third-order valence-electron chi connectivity index (χ3n) is 5.00. The van der Waals surface area contributed by atoms with Crippen LogP contribution >= 0.6 is 0 Å². The molecule has 1 aliphatic rings. The highest BCUT2D eigenvalue weighted by Gasteiger charge is 2.43. The summed E-state index contributed by atoms with van der Waals surface area (Å²) < 4.78 is 5.53. The molecular formula is C16H28N2O. The molecule has 1 heterocycles. The zero-order chi connectivity index (χ0) is 13.9. The van der Waals surface area contributed by atoms with Crippen LogP contribution in [0.25, 0.3) is 0 Å². The van der Waals surface area contributed by atoms with Crippen molar-refractivity contribution in [2.45, 2.75) is 52.1 Å². The van der Waals surface area contributed by atoms with Crippen LogP contribution in [-0.4, -0.2) is 23.5 Å². The lowest BCUT2D eigenvalue weighted by molar-refractivity contribution is -0.0101. The van der Waals surface area contributed by atoms with E-state index in [1.165, 1.54) is 19.3 Å². The van der Waals surface area contributed by atoms with Gasteiger partial charge in [0.2, 0.25) is 0 Å².